The van der Waals surface area contributed by atoms with Gasteiger partial charge in [0.1, 0.15) is 66.2 Å². The van der Waals surface area contributed by atoms with Crippen LogP contribution in [0.5, 0.6) is 5.75 Å². The molecule has 0 spiro atoms. The molecule has 0 unspecified atom stereocenters. The largest absolute Gasteiger partial charge is 0.508 e. The van der Waals surface area contributed by atoms with Crippen LogP contribution in [-0.4, -0.2) is 207 Å². The lowest BCUT2D eigenvalue weighted by atomic mass is 9.98. The summed E-state index contributed by atoms with van der Waals surface area (Å²) in [6, 6.07) is -4.66. The number of aliphatic imine (C=N–C) groups is 1. The van der Waals surface area contributed by atoms with E-state index >= 15 is 0 Å². The van der Waals surface area contributed by atoms with E-state index in [0.717, 1.165) is 6.92 Å². The van der Waals surface area contributed by atoms with Crippen molar-refractivity contribution in [3.8, 4) is 18.1 Å². The van der Waals surface area contributed by atoms with Gasteiger partial charge in [0.25, 0.3) is 0 Å². The normalized spacial score (nSPS) is 14.6. The number of primary amides is 1. The van der Waals surface area contributed by atoms with Crippen LogP contribution in [0.1, 0.15) is 89.8 Å². The number of amides is 11. The fourth-order valence-electron chi connectivity index (χ4n) is 8.58. The van der Waals surface area contributed by atoms with E-state index in [2.05, 4.69) is 64.1 Å². The van der Waals surface area contributed by atoms with Crippen LogP contribution in [0.2, 0.25) is 0 Å². The predicted molar refractivity (Wildman–Crippen MR) is 326 cm³/mol. The number of unbranched alkanes of at least 4 members (excludes halogenated alkanes) is 1. The zero-order chi connectivity index (χ0) is 68.7. The van der Waals surface area contributed by atoms with Crippen LogP contribution in [0.25, 0.3) is 0 Å². The number of hydrogen-bond donors (Lipinski definition) is 20. The summed E-state index contributed by atoms with van der Waals surface area (Å²) in [5.41, 5.74) is 23.3. The number of nitrogens with one attached hydrogen (secondary N) is 10. The van der Waals surface area contributed by atoms with Gasteiger partial charge >= 0.3 is 5.97 Å². The Kier molecular flexibility index (Phi) is 33.7. The molecule has 24 N–H and O–H groups in total. The molecule has 0 bridgehead atoms. The minimum atomic E-state index is -1.98. The zero-order valence-corrected chi connectivity index (χ0v) is 51.2. The molecule has 11 amide bonds. The third-order valence-electron chi connectivity index (χ3n) is 13.7. The number of guanidine groups is 1. The van der Waals surface area contributed by atoms with Gasteiger partial charge in [0.2, 0.25) is 65.0 Å². The molecule has 502 valence electrons. The molecule has 0 saturated heterocycles. The highest BCUT2D eigenvalue weighted by molar-refractivity contribution is 6.00. The van der Waals surface area contributed by atoms with Gasteiger partial charge in [-0.3, -0.25) is 57.7 Å². The van der Waals surface area contributed by atoms with Gasteiger partial charge in [-0.15, -0.1) is 6.42 Å². The highest BCUT2D eigenvalue weighted by Gasteiger charge is 2.38. The fourth-order valence-corrected chi connectivity index (χ4v) is 8.58. The van der Waals surface area contributed by atoms with Crippen molar-refractivity contribution in [1.29, 1.82) is 0 Å². The summed E-state index contributed by atoms with van der Waals surface area (Å²) in [6.07, 6.45) is 2.82. The molecule has 2 aromatic carbocycles. The number of aliphatic hydroxyl groups is 4. The first-order valence-electron chi connectivity index (χ1n) is 29.0. The molecule has 11 atom stereocenters. The van der Waals surface area contributed by atoms with Crippen LogP contribution < -0.4 is 76.1 Å². The van der Waals surface area contributed by atoms with Crippen molar-refractivity contribution in [1.82, 2.24) is 53.2 Å². The average molecular weight is 1280 g/mol. The topological polar surface area (TPSA) is 563 Å². The number of carboxylic acids is 1. The van der Waals surface area contributed by atoms with Crippen molar-refractivity contribution in [2.45, 2.75) is 153 Å². The van der Waals surface area contributed by atoms with Gasteiger partial charge in [0.15, 0.2) is 5.96 Å². The Bertz CT molecular complexity index is 2880. The van der Waals surface area contributed by atoms with Gasteiger partial charge < -0.3 is 107 Å². The van der Waals surface area contributed by atoms with Crippen LogP contribution in [-0.2, 0) is 70.4 Å². The molecule has 0 saturated carbocycles. The van der Waals surface area contributed by atoms with Gasteiger partial charge in [0, 0.05) is 18.5 Å². The molecule has 33 nitrogen and oxygen atoms in total. The second-order valence-corrected chi connectivity index (χ2v) is 21.9. The van der Waals surface area contributed by atoms with Gasteiger partial charge in [-0.1, -0.05) is 57.9 Å². The minimum Gasteiger partial charge on any atom is -0.508 e. The lowest BCUT2D eigenvalue weighted by Gasteiger charge is -2.29. The van der Waals surface area contributed by atoms with Crippen molar-refractivity contribution in [2.24, 2.45) is 39.8 Å². The summed E-state index contributed by atoms with van der Waals surface area (Å²) in [6.45, 7) is 3.92. The van der Waals surface area contributed by atoms with Crippen molar-refractivity contribution >= 4 is 76.9 Å². The highest BCUT2D eigenvalue weighted by atomic mass is 16.4. The lowest BCUT2D eigenvalue weighted by Crippen LogP contribution is -2.63. The molecule has 0 aliphatic carbocycles. The SMILES string of the molecule is C#Cc1ccc(CC(=O)N[C@@H](Cc2ccc(O)cc2)C(=O)N[C@H](C(=O)N[C@@H](CO)C(=O)N[C@@H](CO)C(=O)N[C@@H](CO)C(=O)N[C@@H](CCCCN)C(=O)N[C@@H](CC(N)=O)C(=O)N[C@H](C(=O)N[C@H](C(=O)N[C@@H](CCCN=C(N)N)C(=O)O)C(C)C)C(C)C)[C@@H](C)O)cc1. The molecule has 0 radical (unpaired) electrons. The maximum absolute atomic E-state index is 14.0. The molecule has 91 heavy (non-hydrogen) atoms. The van der Waals surface area contributed by atoms with Crippen LogP contribution in [0.4, 0.5) is 0 Å². The van der Waals surface area contributed by atoms with E-state index in [1.165, 1.54) is 38.1 Å². The van der Waals surface area contributed by atoms with E-state index in [1.807, 2.05) is 0 Å². The Morgan fingerprint density at radius 1 is 0.505 bits per heavy atom. The lowest BCUT2D eigenvalue weighted by molar-refractivity contribution is -0.143. The molecular weight excluding hydrogens is 1190 g/mol. The van der Waals surface area contributed by atoms with Crippen LogP contribution >= 0.6 is 0 Å². The van der Waals surface area contributed by atoms with Gasteiger partial charge in [-0.25, -0.2) is 4.79 Å². The first-order chi connectivity index (χ1) is 42.9. The minimum absolute atomic E-state index is 0.0714. The van der Waals surface area contributed by atoms with Crippen LogP contribution in [0, 0.1) is 24.2 Å². The maximum Gasteiger partial charge on any atom is 0.326 e. The number of carboxylic acid groups (broad SMARTS) is 1. The average Bonchev–Trinajstić information content (AvgIpc) is 1.76. The Morgan fingerprint density at radius 2 is 0.912 bits per heavy atom. The van der Waals surface area contributed by atoms with Gasteiger partial charge in [-0.2, -0.15) is 0 Å². The number of hydrogen-bond acceptors (Lipinski definition) is 19. The van der Waals surface area contributed by atoms with Crippen molar-refractivity contribution < 1.29 is 88.2 Å². The number of phenols is 1. The zero-order valence-electron chi connectivity index (χ0n) is 51.2. The standard InChI is InChI=1S/C58H87N15O18/c1-7-32-13-15-34(16-14-32)24-44(80)64-38(23-33-17-19-35(78)20-18-33)49(82)73-47(31(6)77)56(89)70-42(28-76)53(86)69-41(27-75)52(85)68-40(26-74)51(84)65-36(11-8-9-21-59)48(81)67-39(25-43(60)79)50(83)71-46(30(4)5)55(88)72-45(29(2)3)54(87)66-37(57(90)91)12-10-22-63-58(61)62/h1,13-20,29-31,36-42,45-47,74-78H,8-12,21-28,59H2,2-6H3,(H2,60,79)(H,64,80)(H,65,84)(H,66,87)(H,67,81)(H,68,85)(H,69,86)(H,70,89)(H,71,83)(H,72,88)(H,73,82)(H,90,91)(H4,61,62,63)/t31-,36+,37+,38+,39+,40+,41+,42+,45+,46+,47+/m1/s1. The van der Waals surface area contributed by atoms with E-state index < -0.39 is 176 Å². The van der Waals surface area contributed by atoms with Gasteiger partial charge in [0.05, 0.1) is 38.8 Å². The summed E-state index contributed by atoms with van der Waals surface area (Å²) < 4.78 is 0. The van der Waals surface area contributed by atoms with Gasteiger partial charge in [-0.05, 0) is 92.8 Å². The molecule has 2 rings (SSSR count). The Labute approximate surface area is 525 Å². The molecular formula is C58H87N15O18. The third-order valence-corrected chi connectivity index (χ3v) is 13.7. The van der Waals surface area contributed by atoms with Crippen LogP contribution in [0.15, 0.2) is 53.5 Å². The smallest absolute Gasteiger partial charge is 0.326 e. The number of aliphatic hydroxyl groups excluding tert-OH is 4. The fraction of sp³-hybridized carbons (Fsp3) is 0.534. The highest BCUT2D eigenvalue weighted by Crippen LogP contribution is 2.14. The molecule has 0 heterocycles. The Balaban J connectivity index is 2.26. The van der Waals surface area contributed by atoms with Crippen LogP contribution in [0.3, 0.4) is 0 Å². The Hall–Kier alpha value is -9.49. The number of aromatic hydroxyl groups is 1. The summed E-state index contributed by atoms with van der Waals surface area (Å²) in [5.74, 6) is -12.5. The number of nitrogens with zero attached hydrogens (tertiary/aromatic N) is 1. The molecule has 0 fully saturated rings. The van der Waals surface area contributed by atoms with E-state index in [4.69, 9.17) is 29.4 Å². The number of aliphatic carboxylic acids is 1. The quantitative estimate of drug-likeness (QED) is 0.0128. The number of terminal acetylenes is 1. The van der Waals surface area contributed by atoms with Crippen molar-refractivity contribution in [3.05, 3.63) is 65.2 Å². The maximum atomic E-state index is 14.0. The number of rotatable bonds is 40. The van der Waals surface area contributed by atoms with Crippen molar-refractivity contribution in [2.75, 3.05) is 32.9 Å². The summed E-state index contributed by atoms with van der Waals surface area (Å²) in [5, 5.41) is 84.1. The monoisotopic (exact) mass is 1280 g/mol. The van der Waals surface area contributed by atoms with E-state index in [9.17, 15) is 88.2 Å². The van der Waals surface area contributed by atoms with E-state index in [-0.39, 0.29) is 69.7 Å². The molecule has 0 aromatic heterocycles. The Morgan fingerprint density at radius 3 is 1.37 bits per heavy atom. The number of carbonyl (C=O) groups is 12. The number of phenolic OH excluding ortho intramolecular Hbond substituents is 1. The second-order valence-electron chi connectivity index (χ2n) is 21.9. The summed E-state index contributed by atoms with van der Waals surface area (Å²) in [7, 11) is 0. The number of carbonyl (C=O) groups excluding carboxylic acids is 11. The van der Waals surface area contributed by atoms with Crippen molar-refractivity contribution in [3.63, 3.8) is 0 Å². The first kappa shape index (κ1) is 77.6. The molecule has 33 heteroatoms. The van der Waals surface area contributed by atoms with E-state index in [0.29, 0.717) is 16.7 Å². The molecule has 0 aliphatic heterocycles. The number of nitrogens with two attached hydrogens (primary N) is 4. The van der Waals surface area contributed by atoms with E-state index in [1.54, 1.807) is 38.1 Å². The molecule has 0 aliphatic rings. The summed E-state index contributed by atoms with van der Waals surface area (Å²) in [4.78, 5) is 165. The molecule has 2 aromatic rings. The predicted octanol–water partition coefficient (Wildman–Crippen LogP) is -7.18. The number of benzene rings is 2. The second kappa shape index (κ2) is 39.5. The third kappa shape index (κ3) is 27.4. The first-order valence-corrected chi connectivity index (χ1v) is 29.0. The summed E-state index contributed by atoms with van der Waals surface area (Å²) >= 11 is 0.